The maximum atomic E-state index is 12.0. The van der Waals surface area contributed by atoms with Gasteiger partial charge in [-0.05, 0) is 38.3 Å². The van der Waals surface area contributed by atoms with Crippen LogP contribution in [0.4, 0.5) is 5.82 Å². The van der Waals surface area contributed by atoms with Crippen LogP contribution in [-0.2, 0) is 9.53 Å². The van der Waals surface area contributed by atoms with Crippen LogP contribution in [-0.4, -0.2) is 52.0 Å². The van der Waals surface area contributed by atoms with Crippen molar-refractivity contribution in [1.29, 1.82) is 0 Å². The van der Waals surface area contributed by atoms with E-state index in [9.17, 15) is 4.79 Å². The van der Waals surface area contributed by atoms with Crippen LogP contribution in [0, 0.1) is 12.8 Å². The number of methoxy groups -OCH3 is 3. The van der Waals surface area contributed by atoms with Crippen LogP contribution in [0.2, 0.25) is 0 Å². The molecule has 28 heavy (non-hydrogen) atoms. The molecule has 7 heteroatoms. The van der Waals surface area contributed by atoms with E-state index >= 15 is 0 Å². The van der Waals surface area contributed by atoms with Crippen LogP contribution in [0.15, 0.2) is 12.1 Å². The average Bonchev–Trinajstić information content (AvgIpc) is 2.72. The van der Waals surface area contributed by atoms with Crippen molar-refractivity contribution in [3.8, 4) is 17.2 Å². The number of benzene rings is 1. The van der Waals surface area contributed by atoms with Crippen LogP contribution in [0.3, 0.4) is 0 Å². The predicted octanol–water partition coefficient (Wildman–Crippen LogP) is 3.35. The van der Waals surface area contributed by atoms with Crippen LogP contribution in [0.1, 0.15) is 25.3 Å². The SMILES string of the molecule is CCOC(=O)C1CCN(c2cc(C)c3c(OC)c(OC)c(OC)cc3n2)CC1. The summed E-state index contributed by atoms with van der Waals surface area (Å²) in [6, 6.07) is 3.93. The van der Waals surface area contributed by atoms with Crippen molar-refractivity contribution in [2.45, 2.75) is 26.7 Å². The Morgan fingerprint density at radius 2 is 1.79 bits per heavy atom. The Bertz CT molecular complexity index is 860. The first-order chi connectivity index (χ1) is 13.5. The molecule has 0 saturated carbocycles. The van der Waals surface area contributed by atoms with E-state index in [1.165, 1.54) is 0 Å². The number of piperidine rings is 1. The first-order valence-electron chi connectivity index (χ1n) is 9.55. The van der Waals surface area contributed by atoms with Crippen molar-refractivity contribution in [2.75, 3.05) is 45.9 Å². The smallest absolute Gasteiger partial charge is 0.309 e. The fourth-order valence-corrected chi connectivity index (χ4v) is 3.80. The lowest BCUT2D eigenvalue weighted by Crippen LogP contribution is -2.37. The maximum absolute atomic E-state index is 12.0. The molecule has 0 atom stereocenters. The lowest BCUT2D eigenvalue weighted by molar-refractivity contribution is -0.148. The number of carbonyl (C=O) groups excluding carboxylic acids is 1. The first-order valence-corrected chi connectivity index (χ1v) is 9.55. The summed E-state index contributed by atoms with van der Waals surface area (Å²) in [5.74, 6) is 2.53. The maximum Gasteiger partial charge on any atom is 0.309 e. The molecular formula is C21H28N2O5. The van der Waals surface area contributed by atoms with Crippen molar-refractivity contribution in [2.24, 2.45) is 5.92 Å². The van der Waals surface area contributed by atoms with Gasteiger partial charge in [0.1, 0.15) is 5.82 Å². The van der Waals surface area contributed by atoms with Crippen molar-refractivity contribution in [3.63, 3.8) is 0 Å². The number of pyridine rings is 1. The lowest BCUT2D eigenvalue weighted by atomic mass is 9.97. The molecule has 1 aliphatic heterocycles. The van der Waals surface area contributed by atoms with Crippen LogP contribution < -0.4 is 19.1 Å². The second-order valence-corrected chi connectivity index (χ2v) is 6.85. The molecule has 0 N–H and O–H groups in total. The summed E-state index contributed by atoms with van der Waals surface area (Å²) in [4.78, 5) is 19.0. The van der Waals surface area contributed by atoms with Gasteiger partial charge in [-0.1, -0.05) is 0 Å². The molecule has 0 aliphatic carbocycles. The third-order valence-corrected chi connectivity index (χ3v) is 5.22. The fourth-order valence-electron chi connectivity index (χ4n) is 3.80. The number of carbonyl (C=O) groups is 1. The normalized spacial score (nSPS) is 14.8. The largest absolute Gasteiger partial charge is 0.493 e. The summed E-state index contributed by atoms with van der Waals surface area (Å²) in [5, 5.41) is 0.908. The van der Waals surface area contributed by atoms with Gasteiger partial charge in [-0.15, -0.1) is 0 Å². The number of aryl methyl sites for hydroxylation is 1. The number of nitrogens with zero attached hydrogens (tertiary/aromatic N) is 2. The molecule has 3 rings (SSSR count). The first kappa shape index (κ1) is 20.0. The topological polar surface area (TPSA) is 70.1 Å². The Balaban J connectivity index is 1.93. The number of hydrogen-bond acceptors (Lipinski definition) is 7. The molecule has 2 heterocycles. The third kappa shape index (κ3) is 3.66. The van der Waals surface area contributed by atoms with Crippen molar-refractivity contribution >= 4 is 22.7 Å². The minimum absolute atomic E-state index is 0.0257. The molecule has 0 spiro atoms. The Kier molecular flexibility index (Phi) is 6.11. The molecule has 2 aromatic rings. The minimum Gasteiger partial charge on any atom is -0.493 e. The Morgan fingerprint density at radius 3 is 2.36 bits per heavy atom. The van der Waals surface area contributed by atoms with Crippen LogP contribution >= 0.6 is 0 Å². The van der Waals surface area contributed by atoms with Gasteiger partial charge in [0.05, 0.1) is 39.4 Å². The molecule has 1 fully saturated rings. The summed E-state index contributed by atoms with van der Waals surface area (Å²) in [6.07, 6.45) is 1.54. The van der Waals surface area contributed by atoms with Gasteiger partial charge in [-0.2, -0.15) is 0 Å². The number of anilines is 1. The molecule has 152 valence electrons. The zero-order valence-electron chi connectivity index (χ0n) is 17.2. The highest BCUT2D eigenvalue weighted by atomic mass is 16.5. The van der Waals surface area contributed by atoms with Crippen molar-refractivity contribution < 1.29 is 23.7 Å². The number of rotatable bonds is 6. The lowest BCUT2D eigenvalue weighted by Gasteiger charge is -2.32. The monoisotopic (exact) mass is 388 g/mol. The second-order valence-electron chi connectivity index (χ2n) is 6.85. The van der Waals surface area contributed by atoms with Gasteiger partial charge in [-0.25, -0.2) is 4.98 Å². The summed E-state index contributed by atoms with van der Waals surface area (Å²) in [7, 11) is 4.81. The van der Waals surface area contributed by atoms with Gasteiger partial charge in [0.25, 0.3) is 0 Å². The molecule has 0 amide bonds. The zero-order valence-corrected chi connectivity index (χ0v) is 17.2. The van der Waals surface area contributed by atoms with Gasteiger partial charge in [0, 0.05) is 24.5 Å². The molecule has 0 radical (unpaired) electrons. The summed E-state index contributed by atoms with van der Waals surface area (Å²) >= 11 is 0. The molecule has 7 nitrogen and oxygen atoms in total. The van der Waals surface area contributed by atoms with E-state index in [1.807, 2.05) is 19.9 Å². The van der Waals surface area contributed by atoms with Crippen molar-refractivity contribution in [1.82, 2.24) is 4.98 Å². The number of fused-ring (bicyclic) bond motifs is 1. The second kappa shape index (κ2) is 8.54. The predicted molar refractivity (Wildman–Crippen MR) is 108 cm³/mol. The molecular weight excluding hydrogens is 360 g/mol. The van der Waals surface area contributed by atoms with E-state index in [-0.39, 0.29) is 11.9 Å². The fraction of sp³-hybridized carbons (Fsp3) is 0.524. The molecule has 1 saturated heterocycles. The van der Waals surface area contributed by atoms with E-state index in [0.717, 1.165) is 48.2 Å². The number of aromatic nitrogens is 1. The molecule has 1 aromatic heterocycles. The van der Waals surface area contributed by atoms with Crippen LogP contribution in [0.5, 0.6) is 17.2 Å². The highest BCUT2D eigenvalue weighted by Gasteiger charge is 2.27. The quantitative estimate of drug-likeness (QED) is 0.703. The van der Waals surface area contributed by atoms with E-state index < -0.39 is 0 Å². The number of esters is 1. The van der Waals surface area contributed by atoms with Crippen molar-refractivity contribution in [3.05, 3.63) is 17.7 Å². The molecule has 1 aliphatic rings. The van der Waals surface area contributed by atoms with Crippen LogP contribution in [0.25, 0.3) is 10.9 Å². The highest BCUT2D eigenvalue weighted by Crippen LogP contribution is 2.44. The van der Waals surface area contributed by atoms with E-state index in [1.54, 1.807) is 21.3 Å². The molecule has 0 unspecified atom stereocenters. The van der Waals surface area contributed by atoms with E-state index in [0.29, 0.717) is 23.9 Å². The Hall–Kier alpha value is -2.70. The highest BCUT2D eigenvalue weighted by molar-refractivity contribution is 5.94. The molecule has 1 aromatic carbocycles. The van der Waals surface area contributed by atoms with Gasteiger partial charge >= 0.3 is 5.97 Å². The molecule has 0 bridgehead atoms. The Labute approximate surface area is 165 Å². The van der Waals surface area contributed by atoms with E-state index in [4.69, 9.17) is 23.9 Å². The van der Waals surface area contributed by atoms with Gasteiger partial charge in [-0.3, -0.25) is 4.79 Å². The summed E-state index contributed by atoms with van der Waals surface area (Å²) in [5.41, 5.74) is 1.84. The zero-order chi connectivity index (χ0) is 20.3. The Morgan fingerprint density at radius 1 is 1.11 bits per heavy atom. The van der Waals surface area contributed by atoms with Gasteiger partial charge < -0.3 is 23.8 Å². The average molecular weight is 388 g/mol. The number of hydrogen-bond donors (Lipinski definition) is 0. The van der Waals surface area contributed by atoms with Gasteiger partial charge in [0.15, 0.2) is 11.5 Å². The number of ether oxygens (including phenoxy) is 4. The third-order valence-electron chi connectivity index (χ3n) is 5.22. The summed E-state index contributed by atoms with van der Waals surface area (Å²) in [6.45, 7) is 5.84. The summed E-state index contributed by atoms with van der Waals surface area (Å²) < 4.78 is 21.7. The minimum atomic E-state index is -0.0913. The van der Waals surface area contributed by atoms with E-state index in [2.05, 4.69) is 11.0 Å². The van der Waals surface area contributed by atoms with Gasteiger partial charge in [0.2, 0.25) is 5.75 Å². The standard InChI is InChI=1S/C21H28N2O5/c1-6-28-21(24)14-7-9-23(10-8-14)17-11-13(2)18-15(22-17)12-16(25-3)19(26-4)20(18)27-5/h11-12,14H,6-10H2,1-5H3.